The molecule has 0 aromatic carbocycles. The summed E-state index contributed by atoms with van der Waals surface area (Å²) >= 11 is 0. The van der Waals surface area contributed by atoms with Crippen molar-refractivity contribution >= 4 is 19.1 Å². The van der Waals surface area contributed by atoms with Crippen LogP contribution in [0, 0.1) is 23.2 Å². The first kappa shape index (κ1) is 24.1. The fraction of sp³-hybridized carbons (Fsp3) is 0.667. The Morgan fingerprint density at radius 1 is 1.42 bits per heavy atom. The molecule has 2 aromatic heterocycles. The highest BCUT2D eigenvalue weighted by Gasteiger charge is 2.57. The maximum atomic E-state index is 13.3. The molecule has 1 unspecified atom stereocenters. The second-order valence-corrected chi connectivity index (χ2v) is 10.8. The first-order chi connectivity index (χ1) is 15.6. The molecule has 2 aliphatic rings. The van der Waals surface area contributed by atoms with E-state index in [4.69, 9.17) is 24.3 Å². The van der Waals surface area contributed by atoms with Crippen molar-refractivity contribution in [1.29, 1.82) is 5.26 Å². The molecule has 0 saturated carbocycles. The highest BCUT2D eigenvalue weighted by atomic mass is 31.2. The van der Waals surface area contributed by atoms with Crippen molar-refractivity contribution in [2.24, 2.45) is 11.8 Å². The number of hydrogen-bond acceptors (Lipinski definition) is 9. The summed E-state index contributed by atoms with van der Waals surface area (Å²) in [6.45, 7) is 10.0. The summed E-state index contributed by atoms with van der Waals surface area (Å²) < 4.78 is 38.5. The molecule has 2 aliphatic heterocycles. The molecule has 4 rings (SSSR count). The molecule has 0 aliphatic carbocycles. The minimum Gasteiger partial charge on any atom is -0.382 e. The molecule has 33 heavy (non-hydrogen) atoms. The van der Waals surface area contributed by atoms with E-state index >= 15 is 0 Å². The number of fused-ring (bicyclic) bond motifs is 2. The Bertz CT molecular complexity index is 1100. The van der Waals surface area contributed by atoms with Gasteiger partial charge < -0.3 is 15.2 Å². The topological polar surface area (TPSA) is 146 Å². The van der Waals surface area contributed by atoms with E-state index < -0.39 is 25.6 Å². The average molecular weight is 478 g/mol. The van der Waals surface area contributed by atoms with E-state index in [1.165, 1.54) is 6.33 Å². The lowest BCUT2D eigenvalue weighted by Gasteiger charge is -2.50. The van der Waals surface area contributed by atoms with E-state index in [1.807, 2.05) is 34.6 Å². The predicted octanol–water partition coefficient (Wildman–Crippen LogP) is 2.63. The third kappa shape index (κ3) is 4.28. The molecule has 2 fully saturated rings. The summed E-state index contributed by atoms with van der Waals surface area (Å²) in [6.07, 6.45) is 0.296. The molecule has 12 heteroatoms. The highest BCUT2D eigenvalue weighted by Crippen LogP contribution is 2.56. The van der Waals surface area contributed by atoms with Crippen LogP contribution < -0.4 is 10.8 Å². The lowest BCUT2D eigenvalue weighted by atomic mass is 9.72. The maximum absolute atomic E-state index is 13.3. The van der Waals surface area contributed by atoms with E-state index in [9.17, 15) is 9.83 Å². The monoisotopic (exact) mass is 478 g/mol. The zero-order valence-corrected chi connectivity index (χ0v) is 20.4. The van der Waals surface area contributed by atoms with E-state index in [-0.39, 0.29) is 30.6 Å². The van der Waals surface area contributed by atoms with Gasteiger partial charge in [0, 0.05) is 12.0 Å². The van der Waals surface area contributed by atoms with E-state index in [2.05, 4.69) is 21.2 Å². The maximum Gasteiger partial charge on any atom is 0.406 e. The number of nitriles is 1. The van der Waals surface area contributed by atoms with Crippen molar-refractivity contribution in [3.63, 3.8) is 0 Å². The number of ether oxygens (including phenoxy) is 2. The number of rotatable bonds is 6. The van der Waals surface area contributed by atoms with Crippen molar-refractivity contribution in [2.45, 2.75) is 64.6 Å². The number of nitrogens with two attached hydrogens (primary N) is 1. The molecule has 0 amide bonds. The normalized spacial score (nSPS) is 35.3. The largest absolute Gasteiger partial charge is 0.406 e. The molecule has 0 spiro atoms. The summed E-state index contributed by atoms with van der Waals surface area (Å²) in [5, 5.41) is 17.5. The summed E-state index contributed by atoms with van der Waals surface area (Å²) in [5.41, 5.74) is 5.80. The number of hydrogen-bond donors (Lipinski definition) is 2. The van der Waals surface area contributed by atoms with Crippen molar-refractivity contribution < 1.29 is 23.1 Å². The van der Waals surface area contributed by atoms with Crippen LogP contribution in [0.2, 0.25) is 0 Å². The van der Waals surface area contributed by atoms with Gasteiger partial charge in [0.1, 0.15) is 24.0 Å². The second-order valence-electron chi connectivity index (χ2n) is 9.09. The lowest BCUT2D eigenvalue weighted by molar-refractivity contribution is -0.222. The van der Waals surface area contributed by atoms with Crippen LogP contribution in [0.3, 0.4) is 0 Å². The van der Waals surface area contributed by atoms with Gasteiger partial charge in [0.25, 0.3) is 0 Å². The van der Waals surface area contributed by atoms with Crippen LogP contribution in [-0.2, 0) is 28.7 Å². The van der Waals surface area contributed by atoms with Crippen LogP contribution in [0.4, 0.5) is 5.82 Å². The zero-order valence-electron chi connectivity index (χ0n) is 19.5. The Hall–Kier alpha value is -2.06. The third-order valence-electron chi connectivity index (χ3n) is 6.41. The SMILES string of the molecule is CC(C)OC[C@H](C)NP1(=O)OC[C@H]2O[C@@](C#N)(c3ccc4c(N)ncnn34)[C@@H](C)[C@H](C)[C@@H]2O1. The molecule has 3 N–H and O–H groups in total. The fourth-order valence-corrected chi connectivity index (χ4v) is 6.29. The Morgan fingerprint density at radius 2 is 2.18 bits per heavy atom. The standard InChI is InChI=1S/C21H31N6O5P/c1-12(2)29-8-13(3)26-33(28)30-9-17-19(32-33)14(4)15(5)21(10-22,31-17)18-7-6-16-20(23)24-11-25-27(16)18/h6-7,11-15,17,19H,8-9H2,1-5H3,(H,26,28)(H2,23,24,25)/t13-,14-,15-,17+,19-,21+,33?/m0/s1. The summed E-state index contributed by atoms with van der Waals surface area (Å²) in [5.74, 6) is -0.175. The van der Waals surface area contributed by atoms with Gasteiger partial charge in [-0.2, -0.15) is 10.4 Å². The predicted molar refractivity (Wildman–Crippen MR) is 120 cm³/mol. The van der Waals surface area contributed by atoms with Gasteiger partial charge in [0.15, 0.2) is 11.4 Å². The molecular weight excluding hydrogens is 447 g/mol. The Balaban J connectivity index is 1.58. The molecule has 4 heterocycles. The average Bonchev–Trinajstić information content (AvgIpc) is 3.21. The Labute approximate surface area is 193 Å². The van der Waals surface area contributed by atoms with Crippen LogP contribution in [0.25, 0.3) is 5.52 Å². The number of nitrogens with zero attached hydrogens (tertiary/aromatic N) is 4. The van der Waals surface area contributed by atoms with Gasteiger partial charge in [-0.15, -0.1) is 0 Å². The highest BCUT2D eigenvalue weighted by molar-refractivity contribution is 7.51. The fourth-order valence-electron chi connectivity index (χ4n) is 4.49. The van der Waals surface area contributed by atoms with Gasteiger partial charge in [0.2, 0.25) is 0 Å². The zero-order chi connectivity index (χ0) is 24.0. The first-order valence-electron chi connectivity index (χ1n) is 11.1. The van der Waals surface area contributed by atoms with Crippen LogP contribution in [0.5, 0.6) is 0 Å². The Morgan fingerprint density at radius 3 is 2.88 bits per heavy atom. The van der Waals surface area contributed by atoms with Gasteiger partial charge in [0.05, 0.1) is 31.1 Å². The molecule has 2 saturated heterocycles. The number of nitrogens with one attached hydrogen (secondary N) is 1. The van der Waals surface area contributed by atoms with Gasteiger partial charge in [-0.3, -0.25) is 9.05 Å². The smallest absolute Gasteiger partial charge is 0.382 e. The lowest BCUT2D eigenvalue weighted by Crippen LogP contribution is -2.58. The Kier molecular flexibility index (Phi) is 6.53. The van der Waals surface area contributed by atoms with Crippen molar-refractivity contribution in [2.75, 3.05) is 18.9 Å². The van der Waals surface area contributed by atoms with Crippen LogP contribution >= 0.6 is 7.75 Å². The van der Waals surface area contributed by atoms with Gasteiger partial charge in [-0.25, -0.2) is 19.2 Å². The number of anilines is 1. The third-order valence-corrected chi connectivity index (χ3v) is 8.17. The number of nitrogen functional groups attached to an aromatic ring is 1. The minimum absolute atomic E-state index is 0.0215. The molecular formula is C21H31N6O5P. The molecule has 0 bridgehead atoms. The second kappa shape index (κ2) is 8.95. The van der Waals surface area contributed by atoms with Gasteiger partial charge in [-0.05, 0) is 38.8 Å². The summed E-state index contributed by atoms with van der Waals surface area (Å²) in [4.78, 5) is 4.01. The summed E-state index contributed by atoms with van der Waals surface area (Å²) in [7, 11) is -3.57. The van der Waals surface area contributed by atoms with Gasteiger partial charge in [-0.1, -0.05) is 13.8 Å². The van der Waals surface area contributed by atoms with Crippen LogP contribution in [0.1, 0.15) is 40.3 Å². The van der Waals surface area contributed by atoms with E-state index in [0.717, 1.165) is 0 Å². The minimum atomic E-state index is -3.57. The van der Waals surface area contributed by atoms with E-state index in [1.54, 1.807) is 16.6 Å². The summed E-state index contributed by atoms with van der Waals surface area (Å²) in [6, 6.07) is 5.68. The van der Waals surface area contributed by atoms with Crippen molar-refractivity contribution in [3.05, 3.63) is 24.2 Å². The quantitative estimate of drug-likeness (QED) is 0.594. The molecule has 2 aromatic rings. The number of aromatic nitrogens is 3. The molecule has 11 nitrogen and oxygen atoms in total. The molecule has 0 radical (unpaired) electrons. The van der Waals surface area contributed by atoms with Crippen molar-refractivity contribution in [3.8, 4) is 6.07 Å². The molecule has 7 atom stereocenters. The van der Waals surface area contributed by atoms with Crippen LogP contribution in [0.15, 0.2) is 18.5 Å². The van der Waals surface area contributed by atoms with Crippen molar-refractivity contribution in [1.82, 2.24) is 19.7 Å². The first-order valence-corrected chi connectivity index (χ1v) is 12.6. The van der Waals surface area contributed by atoms with Gasteiger partial charge >= 0.3 is 7.75 Å². The van der Waals surface area contributed by atoms with Crippen LogP contribution in [-0.4, -0.2) is 52.2 Å². The van der Waals surface area contributed by atoms with E-state index in [0.29, 0.717) is 23.6 Å². The molecule has 180 valence electrons.